The molecule has 1 aliphatic heterocycles. The molecule has 0 unspecified atom stereocenters. The molecule has 4 heterocycles. The molecule has 156 valence electrons. The van der Waals surface area contributed by atoms with Crippen LogP contribution in [0, 0.1) is 0 Å². The summed E-state index contributed by atoms with van der Waals surface area (Å²) >= 11 is 3.56. The average Bonchev–Trinajstić information content (AvgIpc) is 2.79. The molecule has 0 spiro atoms. The number of anilines is 2. The number of rotatable bonds is 3. The first-order valence-electron chi connectivity index (χ1n) is 10.2. The Bertz CT molecular complexity index is 1230. The normalized spacial score (nSPS) is 14.8. The number of piperazine rings is 1. The van der Waals surface area contributed by atoms with Crippen molar-refractivity contribution in [3.05, 3.63) is 59.5 Å². The lowest BCUT2D eigenvalue weighted by molar-refractivity contribution is 0.312. The lowest BCUT2D eigenvalue weighted by atomic mass is 10.0. The SMILES string of the molecule is CN1CCN(c2ccc(-c3cc(-c4cccc(Br)c4)c4c(N)ncnc4n3)cn2)CC1. The zero-order chi connectivity index (χ0) is 21.4. The summed E-state index contributed by atoms with van der Waals surface area (Å²) in [6, 6.07) is 14.3. The molecule has 4 aromatic rings. The maximum Gasteiger partial charge on any atom is 0.165 e. The van der Waals surface area contributed by atoms with Crippen LogP contribution in [0.1, 0.15) is 0 Å². The quantitative estimate of drug-likeness (QED) is 0.481. The lowest BCUT2D eigenvalue weighted by Crippen LogP contribution is -2.44. The van der Waals surface area contributed by atoms with E-state index in [4.69, 9.17) is 15.7 Å². The molecule has 3 aromatic heterocycles. The molecule has 0 atom stereocenters. The van der Waals surface area contributed by atoms with E-state index >= 15 is 0 Å². The third-order valence-corrected chi connectivity index (χ3v) is 6.13. The zero-order valence-corrected chi connectivity index (χ0v) is 18.7. The Labute approximate surface area is 189 Å². The second-order valence-corrected chi connectivity index (χ2v) is 8.63. The summed E-state index contributed by atoms with van der Waals surface area (Å²) in [5.74, 6) is 1.42. The average molecular weight is 476 g/mol. The first kappa shape index (κ1) is 19.8. The third kappa shape index (κ3) is 3.96. The van der Waals surface area contributed by atoms with Crippen molar-refractivity contribution in [3.8, 4) is 22.4 Å². The Kier molecular flexibility index (Phi) is 5.25. The van der Waals surface area contributed by atoms with Crippen molar-refractivity contribution in [1.29, 1.82) is 0 Å². The Morgan fingerprint density at radius 2 is 1.77 bits per heavy atom. The fraction of sp³-hybridized carbons (Fsp3) is 0.217. The maximum atomic E-state index is 6.21. The van der Waals surface area contributed by atoms with Gasteiger partial charge in [-0.1, -0.05) is 28.1 Å². The summed E-state index contributed by atoms with van der Waals surface area (Å²) in [4.78, 5) is 22.7. The first-order valence-corrected chi connectivity index (χ1v) is 10.9. The molecule has 1 saturated heterocycles. The molecular weight excluding hydrogens is 454 g/mol. The van der Waals surface area contributed by atoms with Gasteiger partial charge in [0.15, 0.2) is 5.65 Å². The van der Waals surface area contributed by atoms with Gasteiger partial charge in [0.1, 0.15) is 18.0 Å². The van der Waals surface area contributed by atoms with E-state index in [0.717, 1.165) is 64.2 Å². The predicted molar refractivity (Wildman–Crippen MR) is 128 cm³/mol. The van der Waals surface area contributed by atoms with E-state index in [2.05, 4.69) is 60.9 Å². The minimum absolute atomic E-state index is 0.419. The number of likely N-dealkylation sites (N-methyl/N-ethyl adjacent to an activating group) is 1. The molecule has 0 amide bonds. The van der Waals surface area contributed by atoms with Gasteiger partial charge >= 0.3 is 0 Å². The van der Waals surface area contributed by atoms with Gasteiger partial charge in [-0.15, -0.1) is 0 Å². The summed E-state index contributed by atoms with van der Waals surface area (Å²) in [5.41, 5.74) is 10.5. The molecule has 0 saturated carbocycles. The molecule has 1 fully saturated rings. The number of hydrogen-bond donors (Lipinski definition) is 1. The highest BCUT2D eigenvalue weighted by Crippen LogP contribution is 2.34. The van der Waals surface area contributed by atoms with E-state index in [1.807, 2.05) is 30.5 Å². The Balaban J connectivity index is 1.58. The number of halogens is 1. The standard InChI is InChI=1S/C23H22BrN7/c1-30-7-9-31(10-8-30)20-6-5-16(13-26-20)19-12-18(15-3-2-4-17(24)11-15)21-22(25)27-14-28-23(21)29-19/h2-6,11-14H,7-10H2,1H3,(H2,25,27,28,29). The van der Waals surface area contributed by atoms with Gasteiger partial charge in [0.05, 0.1) is 11.1 Å². The second-order valence-electron chi connectivity index (χ2n) is 7.72. The van der Waals surface area contributed by atoms with Crippen LogP contribution in [0.5, 0.6) is 0 Å². The van der Waals surface area contributed by atoms with E-state index < -0.39 is 0 Å². The second kappa shape index (κ2) is 8.20. The van der Waals surface area contributed by atoms with Crippen molar-refractivity contribution in [1.82, 2.24) is 24.8 Å². The molecule has 5 rings (SSSR count). The van der Waals surface area contributed by atoms with Gasteiger partial charge < -0.3 is 15.5 Å². The van der Waals surface area contributed by atoms with Crippen LogP contribution in [0.2, 0.25) is 0 Å². The molecule has 0 aliphatic carbocycles. The van der Waals surface area contributed by atoms with Gasteiger partial charge in [-0.3, -0.25) is 0 Å². The zero-order valence-electron chi connectivity index (χ0n) is 17.2. The summed E-state index contributed by atoms with van der Waals surface area (Å²) in [6.07, 6.45) is 3.34. The fourth-order valence-electron chi connectivity index (χ4n) is 3.88. The van der Waals surface area contributed by atoms with Crippen LogP contribution < -0.4 is 10.6 Å². The van der Waals surface area contributed by atoms with Crippen molar-refractivity contribution >= 4 is 38.6 Å². The third-order valence-electron chi connectivity index (χ3n) is 5.64. The van der Waals surface area contributed by atoms with Crippen LogP contribution in [-0.2, 0) is 0 Å². The van der Waals surface area contributed by atoms with Gasteiger partial charge in [0.2, 0.25) is 0 Å². The Hall–Kier alpha value is -3.10. The highest BCUT2D eigenvalue weighted by atomic mass is 79.9. The van der Waals surface area contributed by atoms with Gasteiger partial charge in [-0.2, -0.15) is 0 Å². The molecule has 0 bridgehead atoms. The molecule has 8 heteroatoms. The van der Waals surface area contributed by atoms with Crippen LogP contribution >= 0.6 is 15.9 Å². The summed E-state index contributed by atoms with van der Waals surface area (Å²) in [7, 11) is 2.15. The van der Waals surface area contributed by atoms with Gasteiger partial charge in [-0.05, 0) is 48.5 Å². The van der Waals surface area contributed by atoms with E-state index in [0.29, 0.717) is 11.5 Å². The monoisotopic (exact) mass is 475 g/mol. The van der Waals surface area contributed by atoms with Gasteiger partial charge in [0.25, 0.3) is 0 Å². The van der Waals surface area contributed by atoms with Crippen LogP contribution in [-0.4, -0.2) is 58.1 Å². The highest BCUT2D eigenvalue weighted by molar-refractivity contribution is 9.10. The number of hydrogen-bond acceptors (Lipinski definition) is 7. The largest absolute Gasteiger partial charge is 0.383 e. The molecule has 1 aliphatic rings. The molecule has 2 N–H and O–H groups in total. The number of aromatic nitrogens is 4. The molecule has 1 aromatic carbocycles. The highest BCUT2D eigenvalue weighted by Gasteiger charge is 2.17. The molecule has 7 nitrogen and oxygen atoms in total. The maximum absolute atomic E-state index is 6.21. The van der Waals surface area contributed by atoms with Crippen LogP contribution in [0.4, 0.5) is 11.6 Å². The van der Waals surface area contributed by atoms with Crippen molar-refractivity contribution < 1.29 is 0 Å². The fourth-order valence-corrected chi connectivity index (χ4v) is 4.28. The smallest absolute Gasteiger partial charge is 0.165 e. The van der Waals surface area contributed by atoms with E-state index in [1.54, 1.807) is 0 Å². The number of nitrogens with zero attached hydrogens (tertiary/aromatic N) is 6. The lowest BCUT2D eigenvalue weighted by Gasteiger charge is -2.33. The topological polar surface area (TPSA) is 84.1 Å². The van der Waals surface area contributed by atoms with Gasteiger partial charge in [0, 0.05) is 42.4 Å². The first-order chi connectivity index (χ1) is 15.1. The summed E-state index contributed by atoms with van der Waals surface area (Å²) < 4.78 is 0.991. The van der Waals surface area contributed by atoms with Crippen molar-refractivity contribution in [3.63, 3.8) is 0 Å². The van der Waals surface area contributed by atoms with Gasteiger partial charge in [-0.25, -0.2) is 19.9 Å². The number of nitrogens with two attached hydrogens (primary N) is 1. The van der Waals surface area contributed by atoms with E-state index in [9.17, 15) is 0 Å². The number of benzene rings is 1. The molecule has 31 heavy (non-hydrogen) atoms. The van der Waals surface area contributed by atoms with Crippen LogP contribution in [0.25, 0.3) is 33.4 Å². The van der Waals surface area contributed by atoms with E-state index in [1.165, 1.54) is 6.33 Å². The Morgan fingerprint density at radius 3 is 2.52 bits per heavy atom. The number of fused-ring (bicyclic) bond motifs is 1. The van der Waals surface area contributed by atoms with Crippen molar-refractivity contribution in [2.24, 2.45) is 0 Å². The van der Waals surface area contributed by atoms with Crippen LogP contribution in [0.15, 0.2) is 59.5 Å². The predicted octanol–water partition coefficient (Wildman–Crippen LogP) is 3.85. The van der Waals surface area contributed by atoms with E-state index in [-0.39, 0.29) is 0 Å². The summed E-state index contributed by atoms with van der Waals surface area (Å²) in [5, 5.41) is 0.756. The minimum atomic E-state index is 0.419. The summed E-state index contributed by atoms with van der Waals surface area (Å²) in [6.45, 7) is 4.07. The minimum Gasteiger partial charge on any atom is -0.383 e. The van der Waals surface area contributed by atoms with Crippen molar-refractivity contribution in [2.45, 2.75) is 0 Å². The van der Waals surface area contributed by atoms with Crippen molar-refractivity contribution in [2.75, 3.05) is 43.9 Å². The number of pyridine rings is 2. The van der Waals surface area contributed by atoms with Crippen LogP contribution in [0.3, 0.4) is 0 Å². The number of nitrogen functional groups attached to an aromatic ring is 1. The Morgan fingerprint density at radius 1 is 0.935 bits per heavy atom. The molecular formula is C23H22BrN7. The molecule has 0 radical (unpaired) electrons.